The van der Waals surface area contributed by atoms with Gasteiger partial charge < -0.3 is 5.32 Å². The summed E-state index contributed by atoms with van der Waals surface area (Å²) in [6, 6.07) is 9.21. The van der Waals surface area contributed by atoms with Crippen molar-refractivity contribution in [2.75, 3.05) is 6.54 Å². The Balaban J connectivity index is 1.84. The molecule has 1 fully saturated rings. The minimum atomic E-state index is 0.481. The van der Waals surface area contributed by atoms with E-state index in [1.807, 2.05) is 0 Å². The highest BCUT2D eigenvalue weighted by atomic mass is 14.9. The van der Waals surface area contributed by atoms with Gasteiger partial charge in [0.05, 0.1) is 0 Å². The number of hydrogen-bond donors (Lipinski definition) is 1. The normalized spacial score (nSPS) is 19.4. The second kappa shape index (κ2) is 6.94. The van der Waals surface area contributed by atoms with Crippen molar-refractivity contribution in [1.82, 2.24) is 5.32 Å². The molecule has 0 aromatic heterocycles. The SMILES string of the molecule is Cc1ccccc1[C@H](C)NCC1CCCCCC1. The van der Waals surface area contributed by atoms with E-state index in [9.17, 15) is 0 Å². The Morgan fingerprint density at radius 2 is 1.78 bits per heavy atom. The smallest absolute Gasteiger partial charge is 0.0294 e. The Morgan fingerprint density at radius 3 is 2.44 bits per heavy atom. The molecule has 2 rings (SSSR count). The van der Waals surface area contributed by atoms with E-state index in [-0.39, 0.29) is 0 Å². The minimum Gasteiger partial charge on any atom is -0.310 e. The molecule has 1 aliphatic carbocycles. The molecule has 0 spiro atoms. The standard InChI is InChI=1S/C17H27N/c1-14-9-7-8-12-17(14)15(2)18-13-16-10-5-3-4-6-11-16/h7-9,12,15-16,18H,3-6,10-11,13H2,1-2H3/t15-/m0/s1. The van der Waals surface area contributed by atoms with Crippen LogP contribution in [-0.2, 0) is 0 Å². The Bertz CT molecular complexity index is 350. The minimum absolute atomic E-state index is 0.481. The summed E-state index contributed by atoms with van der Waals surface area (Å²) in [5.41, 5.74) is 2.85. The van der Waals surface area contributed by atoms with E-state index in [0.29, 0.717) is 6.04 Å². The molecule has 1 heteroatoms. The van der Waals surface area contributed by atoms with E-state index < -0.39 is 0 Å². The maximum atomic E-state index is 3.74. The zero-order valence-electron chi connectivity index (χ0n) is 11.9. The third-order valence-electron chi connectivity index (χ3n) is 4.34. The molecule has 1 aromatic carbocycles. The van der Waals surface area contributed by atoms with Gasteiger partial charge in [-0.25, -0.2) is 0 Å². The van der Waals surface area contributed by atoms with Crippen molar-refractivity contribution < 1.29 is 0 Å². The maximum absolute atomic E-state index is 3.74. The zero-order chi connectivity index (χ0) is 12.8. The van der Waals surface area contributed by atoms with Gasteiger partial charge in [0.25, 0.3) is 0 Å². The molecule has 0 amide bonds. The molecule has 1 atom stereocenters. The van der Waals surface area contributed by atoms with Gasteiger partial charge in [-0.05, 0) is 50.3 Å². The van der Waals surface area contributed by atoms with Crippen molar-refractivity contribution in [3.05, 3.63) is 35.4 Å². The quantitative estimate of drug-likeness (QED) is 0.763. The highest BCUT2D eigenvalue weighted by molar-refractivity contribution is 5.28. The van der Waals surface area contributed by atoms with Gasteiger partial charge in [-0.3, -0.25) is 0 Å². The summed E-state index contributed by atoms with van der Waals surface area (Å²) in [6.45, 7) is 5.69. The van der Waals surface area contributed by atoms with Crippen molar-refractivity contribution in [3.8, 4) is 0 Å². The van der Waals surface area contributed by atoms with Gasteiger partial charge in [-0.2, -0.15) is 0 Å². The first-order chi connectivity index (χ1) is 8.77. The third-order valence-corrected chi connectivity index (χ3v) is 4.34. The Hall–Kier alpha value is -0.820. The molecule has 1 aliphatic rings. The lowest BCUT2D eigenvalue weighted by Crippen LogP contribution is -2.26. The largest absolute Gasteiger partial charge is 0.310 e. The first-order valence-corrected chi connectivity index (χ1v) is 7.56. The van der Waals surface area contributed by atoms with Gasteiger partial charge in [-0.1, -0.05) is 49.9 Å². The number of rotatable bonds is 4. The van der Waals surface area contributed by atoms with Crippen LogP contribution in [0.4, 0.5) is 0 Å². The lowest BCUT2D eigenvalue weighted by molar-refractivity contribution is 0.402. The molecule has 0 aliphatic heterocycles. The van der Waals surface area contributed by atoms with Crippen LogP contribution in [0, 0.1) is 12.8 Å². The molecule has 0 unspecified atom stereocenters. The molecule has 0 radical (unpaired) electrons. The monoisotopic (exact) mass is 245 g/mol. The van der Waals surface area contributed by atoms with Crippen LogP contribution in [0.25, 0.3) is 0 Å². The number of benzene rings is 1. The number of aryl methyl sites for hydroxylation is 1. The van der Waals surface area contributed by atoms with Crippen LogP contribution in [0.5, 0.6) is 0 Å². The average molecular weight is 245 g/mol. The molecule has 18 heavy (non-hydrogen) atoms. The van der Waals surface area contributed by atoms with E-state index in [2.05, 4.69) is 43.4 Å². The van der Waals surface area contributed by atoms with Gasteiger partial charge in [0, 0.05) is 6.04 Å². The van der Waals surface area contributed by atoms with Crippen LogP contribution in [-0.4, -0.2) is 6.54 Å². The van der Waals surface area contributed by atoms with E-state index in [1.165, 1.54) is 56.2 Å². The summed E-state index contributed by atoms with van der Waals surface area (Å²) in [7, 11) is 0. The van der Waals surface area contributed by atoms with E-state index in [4.69, 9.17) is 0 Å². The van der Waals surface area contributed by atoms with Crippen LogP contribution >= 0.6 is 0 Å². The van der Waals surface area contributed by atoms with Crippen LogP contribution in [0.2, 0.25) is 0 Å². The molecule has 0 saturated heterocycles. The van der Waals surface area contributed by atoms with Crippen molar-refractivity contribution in [2.45, 2.75) is 58.4 Å². The summed E-state index contributed by atoms with van der Waals surface area (Å²) >= 11 is 0. The molecule has 0 bridgehead atoms. The lowest BCUT2D eigenvalue weighted by atomic mass is 9.98. The Labute approximate surface area is 112 Å². The molecule has 1 N–H and O–H groups in total. The van der Waals surface area contributed by atoms with Gasteiger partial charge >= 0.3 is 0 Å². The predicted molar refractivity (Wildman–Crippen MR) is 78.8 cm³/mol. The molecular weight excluding hydrogens is 218 g/mol. The average Bonchev–Trinajstić information content (AvgIpc) is 2.65. The molecule has 1 aromatic rings. The fourth-order valence-corrected chi connectivity index (χ4v) is 3.09. The highest BCUT2D eigenvalue weighted by Gasteiger charge is 2.14. The summed E-state index contributed by atoms with van der Waals surface area (Å²) in [5, 5.41) is 3.74. The Morgan fingerprint density at radius 1 is 1.11 bits per heavy atom. The number of nitrogens with one attached hydrogen (secondary N) is 1. The first kappa shape index (κ1) is 13.6. The van der Waals surface area contributed by atoms with Crippen molar-refractivity contribution in [2.24, 2.45) is 5.92 Å². The fraction of sp³-hybridized carbons (Fsp3) is 0.647. The van der Waals surface area contributed by atoms with Gasteiger partial charge in [-0.15, -0.1) is 0 Å². The number of hydrogen-bond acceptors (Lipinski definition) is 1. The molecule has 0 heterocycles. The highest BCUT2D eigenvalue weighted by Crippen LogP contribution is 2.23. The fourth-order valence-electron chi connectivity index (χ4n) is 3.09. The summed E-state index contributed by atoms with van der Waals surface area (Å²) in [5.74, 6) is 0.902. The summed E-state index contributed by atoms with van der Waals surface area (Å²) in [6.07, 6.45) is 8.62. The van der Waals surface area contributed by atoms with Gasteiger partial charge in [0.1, 0.15) is 0 Å². The second-order valence-corrected chi connectivity index (χ2v) is 5.84. The maximum Gasteiger partial charge on any atom is 0.0294 e. The Kier molecular flexibility index (Phi) is 5.25. The van der Waals surface area contributed by atoms with Crippen LogP contribution in [0.3, 0.4) is 0 Å². The topological polar surface area (TPSA) is 12.0 Å². The molecule has 100 valence electrons. The lowest BCUT2D eigenvalue weighted by Gasteiger charge is -2.21. The van der Waals surface area contributed by atoms with Crippen LogP contribution in [0.1, 0.15) is 62.6 Å². The van der Waals surface area contributed by atoms with E-state index >= 15 is 0 Å². The van der Waals surface area contributed by atoms with Crippen LogP contribution in [0.15, 0.2) is 24.3 Å². The predicted octanol–water partition coefficient (Wildman–Crippen LogP) is 4.62. The van der Waals surface area contributed by atoms with Crippen molar-refractivity contribution in [1.29, 1.82) is 0 Å². The zero-order valence-corrected chi connectivity index (χ0v) is 11.9. The second-order valence-electron chi connectivity index (χ2n) is 5.84. The van der Waals surface area contributed by atoms with Crippen molar-refractivity contribution in [3.63, 3.8) is 0 Å². The van der Waals surface area contributed by atoms with Crippen LogP contribution < -0.4 is 5.32 Å². The molecular formula is C17H27N. The molecule has 1 saturated carbocycles. The van der Waals surface area contributed by atoms with Gasteiger partial charge in [0.15, 0.2) is 0 Å². The first-order valence-electron chi connectivity index (χ1n) is 7.56. The van der Waals surface area contributed by atoms with Crippen molar-refractivity contribution >= 4 is 0 Å². The van der Waals surface area contributed by atoms with E-state index in [1.54, 1.807) is 0 Å². The van der Waals surface area contributed by atoms with Gasteiger partial charge in [0.2, 0.25) is 0 Å². The summed E-state index contributed by atoms with van der Waals surface area (Å²) in [4.78, 5) is 0. The van der Waals surface area contributed by atoms with E-state index in [0.717, 1.165) is 5.92 Å². The summed E-state index contributed by atoms with van der Waals surface area (Å²) < 4.78 is 0. The molecule has 1 nitrogen and oxygen atoms in total. The third kappa shape index (κ3) is 3.84.